The Hall–Kier alpha value is -2.89. The van der Waals surface area contributed by atoms with Crippen LogP contribution in [0.4, 0.5) is 17.1 Å². The summed E-state index contributed by atoms with van der Waals surface area (Å²) in [6.07, 6.45) is 5.44. The third-order valence-electron chi connectivity index (χ3n) is 5.79. The number of hydrogen-bond donors (Lipinski definition) is 1. The molecule has 0 radical (unpaired) electrons. The van der Waals surface area contributed by atoms with E-state index in [1.54, 1.807) is 12.1 Å². The molecule has 1 atom stereocenters. The average molecular weight is 379 g/mol. The Morgan fingerprint density at radius 3 is 2.75 bits per heavy atom. The minimum absolute atomic E-state index is 0.00398. The Balaban J connectivity index is 1.56. The largest absolute Gasteiger partial charge is 0.366 e. The van der Waals surface area contributed by atoms with Crippen LogP contribution in [0, 0.1) is 16.0 Å². The lowest BCUT2D eigenvalue weighted by molar-refractivity contribution is -0.384. The van der Waals surface area contributed by atoms with E-state index in [4.69, 9.17) is 0 Å². The molecule has 6 nitrogen and oxygen atoms in total. The Morgan fingerprint density at radius 2 is 1.96 bits per heavy atom. The van der Waals surface area contributed by atoms with Gasteiger partial charge in [0, 0.05) is 30.4 Å². The zero-order valence-corrected chi connectivity index (χ0v) is 16.1. The highest BCUT2D eigenvalue weighted by molar-refractivity contribution is 6.05. The SMILES string of the molecule is C[C@@H]1CCCN(c2ccc(C(=O)Nc3ccc4c(c3)CCC4)cc2[N+](=O)[O-])C1. The quantitative estimate of drug-likeness (QED) is 0.623. The van der Waals surface area contributed by atoms with Crippen LogP contribution >= 0.6 is 0 Å². The van der Waals surface area contributed by atoms with Crippen LogP contribution in [0.2, 0.25) is 0 Å². The standard InChI is InChI=1S/C22H25N3O3/c1-15-4-3-11-24(14-15)20-10-8-18(13-21(20)25(27)28)22(26)23-19-9-7-16-5-2-6-17(16)12-19/h7-10,12-13,15H,2-6,11,14H2,1H3,(H,23,26)/t15-/m1/s1. The van der Waals surface area contributed by atoms with Gasteiger partial charge in [-0.3, -0.25) is 14.9 Å². The summed E-state index contributed by atoms with van der Waals surface area (Å²) in [5.74, 6) is 0.191. The van der Waals surface area contributed by atoms with E-state index in [2.05, 4.69) is 23.2 Å². The highest BCUT2D eigenvalue weighted by Gasteiger charge is 2.25. The second-order valence-electron chi connectivity index (χ2n) is 7.95. The van der Waals surface area contributed by atoms with Gasteiger partial charge in [-0.1, -0.05) is 13.0 Å². The van der Waals surface area contributed by atoms with Gasteiger partial charge in [-0.05, 0) is 73.4 Å². The lowest BCUT2D eigenvalue weighted by Crippen LogP contribution is -2.34. The Kier molecular flexibility index (Phi) is 5.03. The molecule has 1 aliphatic carbocycles. The number of nitrogens with zero attached hydrogens (tertiary/aromatic N) is 2. The number of anilines is 2. The number of hydrogen-bond acceptors (Lipinski definition) is 4. The molecule has 1 N–H and O–H groups in total. The fraction of sp³-hybridized carbons (Fsp3) is 0.409. The van der Waals surface area contributed by atoms with E-state index in [1.807, 2.05) is 12.1 Å². The summed E-state index contributed by atoms with van der Waals surface area (Å²) in [5.41, 5.74) is 4.26. The molecule has 2 aromatic carbocycles. The van der Waals surface area contributed by atoms with E-state index in [1.165, 1.54) is 17.2 Å². The fourth-order valence-electron chi connectivity index (χ4n) is 4.34. The molecule has 28 heavy (non-hydrogen) atoms. The van der Waals surface area contributed by atoms with Crippen LogP contribution in [0.5, 0.6) is 0 Å². The predicted molar refractivity (Wildman–Crippen MR) is 110 cm³/mol. The minimum Gasteiger partial charge on any atom is -0.366 e. The van der Waals surface area contributed by atoms with Crippen molar-refractivity contribution in [3.05, 3.63) is 63.2 Å². The van der Waals surface area contributed by atoms with Crippen molar-refractivity contribution in [1.29, 1.82) is 0 Å². The molecule has 4 rings (SSSR count). The molecule has 0 spiro atoms. The number of carbonyl (C=O) groups excluding carboxylic acids is 1. The van der Waals surface area contributed by atoms with E-state index >= 15 is 0 Å². The van der Waals surface area contributed by atoms with Crippen LogP contribution in [0.15, 0.2) is 36.4 Å². The lowest BCUT2D eigenvalue weighted by Gasteiger charge is -2.32. The van der Waals surface area contributed by atoms with Crippen molar-refractivity contribution in [2.24, 2.45) is 5.92 Å². The van der Waals surface area contributed by atoms with Gasteiger partial charge in [-0.2, -0.15) is 0 Å². The first-order valence-electron chi connectivity index (χ1n) is 9.98. The van der Waals surface area contributed by atoms with E-state index in [0.717, 1.165) is 50.9 Å². The molecule has 1 heterocycles. The van der Waals surface area contributed by atoms with Gasteiger partial charge in [-0.25, -0.2) is 0 Å². The topological polar surface area (TPSA) is 75.5 Å². The average Bonchev–Trinajstić information content (AvgIpc) is 3.15. The van der Waals surface area contributed by atoms with Crippen LogP contribution in [0.3, 0.4) is 0 Å². The molecular formula is C22H25N3O3. The van der Waals surface area contributed by atoms with Crippen LogP contribution in [-0.2, 0) is 12.8 Å². The molecule has 0 bridgehead atoms. The molecule has 1 amide bonds. The summed E-state index contributed by atoms with van der Waals surface area (Å²) in [4.78, 5) is 26.0. The monoisotopic (exact) mass is 379 g/mol. The predicted octanol–water partition coefficient (Wildman–Crippen LogP) is 4.57. The van der Waals surface area contributed by atoms with Crippen molar-refractivity contribution in [2.75, 3.05) is 23.3 Å². The van der Waals surface area contributed by atoms with Gasteiger partial charge in [0.15, 0.2) is 0 Å². The van der Waals surface area contributed by atoms with Gasteiger partial charge >= 0.3 is 0 Å². The van der Waals surface area contributed by atoms with Gasteiger partial charge in [0.25, 0.3) is 11.6 Å². The van der Waals surface area contributed by atoms with E-state index in [9.17, 15) is 14.9 Å². The Bertz CT molecular complexity index is 925. The zero-order valence-electron chi connectivity index (χ0n) is 16.1. The first kappa shape index (κ1) is 18.5. The Morgan fingerprint density at radius 1 is 1.14 bits per heavy atom. The fourth-order valence-corrected chi connectivity index (χ4v) is 4.34. The third kappa shape index (κ3) is 3.72. The molecule has 0 aromatic heterocycles. The lowest BCUT2D eigenvalue weighted by atomic mass is 9.99. The maximum absolute atomic E-state index is 12.7. The van der Waals surface area contributed by atoms with Gasteiger partial charge in [-0.15, -0.1) is 0 Å². The second-order valence-corrected chi connectivity index (χ2v) is 7.95. The number of fused-ring (bicyclic) bond motifs is 1. The van der Waals surface area contributed by atoms with Crippen molar-refractivity contribution in [3.63, 3.8) is 0 Å². The molecule has 1 fully saturated rings. The molecular weight excluding hydrogens is 354 g/mol. The number of aryl methyl sites for hydroxylation is 2. The van der Waals surface area contributed by atoms with E-state index < -0.39 is 0 Å². The normalized spacial score (nSPS) is 18.6. The number of piperidine rings is 1. The number of nitro benzene ring substituents is 1. The number of rotatable bonds is 4. The first-order chi connectivity index (χ1) is 13.5. The zero-order chi connectivity index (χ0) is 19.7. The summed E-state index contributed by atoms with van der Waals surface area (Å²) in [6, 6.07) is 10.8. The van der Waals surface area contributed by atoms with Crippen molar-refractivity contribution < 1.29 is 9.72 Å². The molecule has 0 unspecified atom stereocenters. The smallest absolute Gasteiger partial charge is 0.293 e. The van der Waals surface area contributed by atoms with Crippen LogP contribution in [0.1, 0.15) is 47.7 Å². The molecule has 0 saturated carbocycles. The summed E-state index contributed by atoms with van der Waals surface area (Å²) < 4.78 is 0. The first-order valence-corrected chi connectivity index (χ1v) is 9.98. The van der Waals surface area contributed by atoms with Crippen molar-refractivity contribution >= 4 is 23.0 Å². The molecule has 6 heteroatoms. The number of nitro groups is 1. The van der Waals surface area contributed by atoms with Gasteiger partial charge in [0.2, 0.25) is 0 Å². The second kappa shape index (κ2) is 7.62. The summed E-state index contributed by atoms with van der Waals surface area (Å²) in [5, 5.41) is 14.5. The van der Waals surface area contributed by atoms with Crippen LogP contribution in [0.25, 0.3) is 0 Å². The summed E-state index contributed by atoms with van der Waals surface area (Å²) in [7, 11) is 0. The highest BCUT2D eigenvalue weighted by Crippen LogP contribution is 2.33. The molecule has 146 valence electrons. The Labute approximate surface area is 164 Å². The highest BCUT2D eigenvalue weighted by atomic mass is 16.6. The molecule has 1 aliphatic heterocycles. The molecule has 1 saturated heterocycles. The van der Waals surface area contributed by atoms with Crippen molar-refractivity contribution in [3.8, 4) is 0 Å². The van der Waals surface area contributed by atoms with Crippen LogP contribution < -0.4 is 10.2 Å². The van der Waals surface area contributed by atoms with Crippen LogP contribution in [-0.4, -0.2) is 23.9 Å². The van der Waals surface area contributed by atoms with Crippen molar-refractivity contribution in [2.45, 2.75) is 39.0 Å². The molecule has 2 aliphatic rings. The maximum atomic E-state index is 12.7. The third-order valence-corrected chi connectivity index (χ3v) is 5.79. The van der Waals surface area contributed by atoms with Crippen molar-refractivity contribution in [1.82, 2.24) is 0 Å². The minimum atomic E-state index is -0.388. The van der Waals surface area contributed by atoms with E-state index in [0.29, 0.717) is 17.2 Å². The number of carbonyl (C=O) groups is 1. The number of amides is 1. The summed E-state index contributed by atoms with van der Waals surface area (Å²) in [6.45, 7) is 3.78. The van der Waals surface area contributed by atoms with Gasteiger partial charge < -0.3 is 10.2 Å². The van der Waals surface area contributed by atoms with Gasteiger partial charge in [0.05, 0.1) is 4.92 Å². The number of benzene rings is 2. The summed E-state index contributed by atoms with van der Waals surface area (Å²) >= 11 is 0. The number of nitrogens with one attached hydrogen (secondary N) is 1. The van der Waals surface area contributed by atoms with E-state index in [-0.39, 0.29) is 16.5 Å². The molecule has 2 aromatic rings. The maximum Gasteiger partial charge on any atom is 0.293 e. The van der Waals surface area contributed by atoms with Gasteiger partial charge in [0.1, 0.15) is 5.69 Å².